The molecule has 1 atom stereocenters. The van der Waals surface area contributed by atoms with Gasteiger partial charge in [-0.25, -0.2) is 22.8 Å². The van der Waals surface area contributed by atoms with Crippen LogP contribution in [0.5, 0.6) is 5.88 Å². The molecule has 0 radical (unpaired) electrons. The van der Waals surface area contributed by atoms with Gasteiger partial charge in [0.2, 0.25) is 15.7 Å². The van der Waals surface area contributed by atoms with Gasteiger partial charge in [-0.3, -0.25) is 4.79 Å². The first-order valence-corrected chi connectivity index (χ1v) is 12.6. The smallest absolute Gasteiger partial charge is 0.253 e. The zero-order chi connectivity index (χ0) is 25.4. The second-order valence-corrected chi connectivity index (χ2v) is 11.2. The van der Waals surface area contributed by atoms with Gasteiger partial charge in [-0.2, -0.15) is 0 Å². The lowest BCUT2D eigenvalue weighted by Crippen LogP contribution is -2.40. The van der Waals surface area contributed by atoms with Crippen molar-refractivity contribution in [3.63, 3.8) is 0 Å². The van der Waals surface area contributed by atoms with E-state index in [1.165, 1.54) is 36.5 Å². The third-order valence-electron chi connectivity index (χ3n) is 6.06. The summed E-state index contributed by atoms with van der Waals surface area (Å²) in [5, 5.41) is -0.322. The van der Waals surface area contributed by atoms with Gasteiger partial charge in [0, 0.05) is 29.9 Å². The predicted octanol–water partition coefficient (Wildman–Crippen LogP) is 3.75. The molecule has 35 heavy (non-hydrogen) atoms. The second-order valence-electron chi connectivity index (χ2n) is 9.30. The first-order valence-electron chi connectivity index (χ1n) is 11.2. The minimum absolute atomic E-state index is 0.00117. The van der Waals surface area contributed by atoms with Crippen LogP contribution in [0.15, 0.2) is 64.6 Å². The molecule has 4 rings (SSSR count). The lowest BCUT2D eigenvalue weighted by Gasteiger charge is -2.33. The summed E-state index contributed by atoms with van der Waals surface area (Å²) in [6.45, 7) is 6.60. The summed E-state index contributed by atoms with van der Waals surface area (Å²) >= 11 is 0. The Labute approximate surface area is 203 Å². The summed E-state index contributed by atoms with van der Waals surface area (Å²) in [5.41, 5.74) is 5.48. The van der Waals surface area contributed by atoms with E-state index in [0.717, 1.165) is 6.42 Å². The van der Waals surface area contributed by atoms with Crippen molar-refractivity contribution in [1.29, 1.82) is 0 Å². The molecule has 184 valence electrons. The molecule has 0 saturated carbocycles. The van der Waals surface area contributed by atoms with Gasteiger partial charge in [0.1, 0.15) is 23.8 Å². The Balaban J connectivity index is 1.72. The molecule has 3 aromatic rings. The number of carbonyl (C=O) groups excluding carboxylic acids is 1. The summed E-state index contributed by atoms with van der Waals surface area (Å²) in [5.74, 6) is -0.767. The van der Waals surface area contributed by atoms with Crippen LogP contribution in [0.25, 0.3) is 0 Å². The molecular weight excluding hydrogens is 471 g/mol. The van der Waals surface area contributed by atoms with Crippen molar-refractivity contribution in [3.05, 3.63) is 71.7 Å². The van der Waals surface area contributed by atoms with Crippen LogP contribution in [0, 0.1) is 11.7 Å². The van der Waals surface area contributed by atoms with Crippen LogP contribution in [0.3, 0.4) is 0 Å². The van der Waals surface area contributed by atoms with Gasteiger partial charge in [0.05, 0.1) is 4.90 Å². The number of benzene rings is 1. The molecule has 2 aromatic heterocycles. The number of sulfone groups is 1. The molecule has 1 aliphatic rings. The summed E-state index contributed by atoms with van der Waals surface area (Å²) in [6, 6.07) is 11.6. The van der Waals surface area contributed by atoms with Gasteiger partial charge in [-0.05, 0) is 44.4 Å². The Morgan fingerprint density at radius 2 is 1.94 bits per heavy atom. The fourth-order valence-corrected chi connectivity index (χ4v) is 5.95. The van der Waals surface area contributed by atoms with Gasteiger partial charge in [0.15, 0.2) is 5.03 Å². The number of rotatable bonds is 7. The van der Waals surface area contributed by atoms with Crippen LogP contribution in [0.4, 0.5) is 10.2 Å². The fraction of sp³-hybridized carbons (Fsp3) is 0.320. The quantitative estimate of drug-likeness (QED) is 0.527. The van der Waals surface area contributed by atoms with Crippen LogP contribution in [0.2, 0.25) is 0 Å². The van der Waals surface area contributed by atoms with Crippen molar-refractivity contribution < 1.29 is 22.3 Å². The summed E-state index contributed by atoms with van der Waals surface area (Å²) in [7, 11) is -4.26. The molecule has 0 bridgehead atoms. The molecule has 0 aliphatic carbocycles. The number of carbonyl (C=O) groups is 1. The van der Waals surface area contributed by atoms with Crippen molar-refractivity contribution in [2.75, 3.05) is 11.4 Å². The summed E-state index contributed by atoms with van der Waals surface area (Å²) in [4.78, 5) is 22.7. The van der Waals surface area contributed by atoms with E-state index in [-0.39, 0.29) is 39.3 Å². The van der Waals surface area contributed by atoms with Crippen LogP contribution in [-0.4, -0.2) is 36.4 Å². The number of ether oxygens (including phenoxy) is 1. The maximum atomic E-state index is 13.9. The third-order valence-corrected chi connectivity index (χ3v) is 7.76. The van der Waals surface area contributed by atoms with E-state index in [1.807, 2.05) is 18.7 Å². The first kappa shape index (κ1) is 24.6. The molecule has 10 heteroatoms. The van der Waals surface area contributed by atoms with E-state index in [0.29, 0.717) is 18.0 Å². The minimum atomic E-state index is -4.26. The second kappa shape index (κ2) is 9.26. The van der Waals surface area contributed by atoms with Gasteiger partial charge >= 0.3 is 0 Å². The number of nitrogens with zero attached hydrogens (tertiary/aromatic N) is 3. The molecule has 1 amide bonds. The van der Waals surface area contributed by atoms with E-state index in [1.54, 1.807) is 18.2 Å². The third kappa shape index (κ3) is 4.84. The number of pyridine rings is 2. The van der Waals surface area contributed by atoms with Crippen molar-refractivity contribution in [1.82, 2.24) is 9.97 Å². The predicted molar refractivity (Wildman–Crippen MR) is 128 cm³/mol. The molecule has 8 nitrogen and oxygen atoms in total. The molecule has 1 aliphatic heterocycles. The molecule has 1 unspecified atom stereocenters. The molecular formula is C25H27FN4O4S. The normalized spacial score (nSPS) is 17.4. The number of hydrogen-bond donors (Lipinski definition) is 1. The van der Waals surface area contributed by atoms with Crippen molar-refractivity contribution in [2.45, 2.75) is 49.3 Å². The number of amides is 1. The highest BCUT2D eigenvalue weighted by molar-refractivity contribution is 7.91. The SMILES string of the molecule is CC1CN(c2nccc(S(=O)(=O)c3cccc(OCc4ccccc4F)n3)c2C(N)=O)C(C)(C)C1. The monoisotopic (exact) mass is 498 g/mol. The van der Waals surface area contributed by atoms with E-state index >= 15 is 0 Å². The maximum absolute atomic E-state index is 13.9. The topological polar surface area (TPSA) is 115 Å². The largest absolute Gasteiger partial charge is 0.473 e. The average Bonchev–Trinajstić information content (AvgIpc) is 3.09. The molecule has 2 N–H and O–H groups in total. The number of hydrogen-bond acceptors (Lipinski definition) is 7. The highest BCUT2D eigenvalue weighted by Gasteiger charge is 2.40. The van der Waals surface area contributed by atoms with E-state index in [9.17, 15) is 17.6 Å². The van der Waals surface area contributed by atoms with E-state index in [4.69, 9.17) is 10.5 Å². The van der Waals surface area contributed by atoms with Crippen molar-refractivity contribution in [3.8, 4) is 5.88 Å². The highest BCUT2D eigenvalue weighted by atomic mass is 32.2. The Hall–Kier alpha value is -3.53. The lowest BCUT2D eigenvalue weighted by molar-refractivity contribution is 0.0997. The van der Waals surface area contributed by atoms with Gasteiger partial charge < -0.3 is 15.4 Å². The first-order chi connectivity index (χ1) is 16.5. The standard InChI is InChI=1S/C25H27FN4O4S/c1-16-13-25(2,3)30(14-16)24-22(23(27)31)19(11-12-28-24)35(32,33)21-10-6-9-20(29-21)34-15-17-7-4-5-8-18(17)26/h4-12,16H,13-15H2,1-3H3,(H2,27,31). The van der Waals surface area contributed by atoms with Gasteiger partial charge in [0.25, 0.3) is 5.91 Å². The lowest BCUT2D eigenvalue weighted by atomic mass is 9.97. The summed E-state index contributed by atoms with van der Waals surface area (Å²) < 4.78 is 46.6. The minimum Gasteiger partial charge on any atom is -0.473 e. The zero-order valence-corrected chi connectivity index (χ0v) is 20.5. The van der Waals surface area contributed by atoms with Crippen LogP contribution in [0.1, 0.15) is 43.1 Å². The zero-order valence-electron chi connectivity index (χ0n) is 19.7. The van der Waals surface area contributed by atoms with Crippen molar-refractivity contribution >= 4 is 21.6 Å². The molecule has 1 aromatic carbocycles. The molecule has 0 spiro atoms. The molecule has 1 fully saturated rings. The number of primary amides is 1. The van der Waals surface area contributed by atoms with Gasteiger partial charge in [-0.15, -0.1) is 0 Å². The molecule has 3 heterocycles. The van der Waals surface area contributed by atoms with Crippen LogP contribution < -0.4 is 15.4 Å². The fourth-order valence-electron chi connectivity index (χ4n) is 4.56. The van der Waals surface area contributed by atoms with Gasteiger partial charge in [-0.1, -0.05) is 31.2 Å². The number of aromatic nitrogens is 2. The Morgan fingerprint density at radius 1 is 1.20 bits per heavy atom. The van der Waals surface area contributed by atoms with Crippen molar-refractivity contribution in [2.24, 2.45) is 11.7 Å². The maximum Gasteiger partial charge on any atom is 0.253 e. The number of halogens is 1. The van der Waals surface area contributed by atoms with Crippen LogP contribution in [-0.2, 0) is 16.4 Å². The summed E-state index contributed by atoms with van der Waals surface area (Å²) in [6.07, 6.45) is 2.21. The Kier molecular flexibility index (Phi) is 6.50. The number of anilines is 1. The van der Waals surface area contributed by atoms with E-state index in [2.05, 4.69) is 16.9 Å². The van der Waals surface area contributed by atoms with E-state index < -0.39 is 21.6 Å². The molecule has 1 saturated heterocycles. The number of nitrogens with two attached hydrogens (primary N) is 1. The highest BCUT2D eigenvalue weighted by Crippen LogP contribution is 2.39. The van der Waals surface area contributed by atoms with Crippen LogP contribution >= 0.6 is 0 Å². The Bertz CT molecular complexity index is 1380. The Morgan fingerprint density at radius 3 is 2.60 bits per heavy atom. The average molecular weight is 499 g/mol.